The third-order valence-electron chi connectivity index (χ3n) is 3.42. The summed E-state index contributed by atoms with van der Waals surface area (Å²) in [5, 5.41) is 14.5. The van der Waals surface area contributed by atoms with Gasteiger partial charge in [0.05, 0.1) is 6.10 Å². The fraction of sp³-hybridized carbons (Fsp3) is 0.357. The largest absolute Gasteiger partial charge is 0.391 e. The molecule has 4 nitrogen and oxygen atoms in total. The molecule has 0 bridgehead atoms. The molecule has 3 rings (SSSR count). The molecule has 1 fully saturated rings. The Balaban J connectivity index is 1.81. The predicted octanol–water partition coefficient (Wildman–Crippen LogP) is 1.71. The first-order chi connectivity index (χ1) is 8.74. The molecule has 2 aromatic rings. The van der Waals surface area contributed by atoms with Crippen molar-refractivity contribution in [2.45, 2.75) is 18.9 Å². The van der Waals surface area contributed by atoms with Gasteiger partial charge in [0.25, 0.3) is 5.56 Å². The van der Waals surface area contributed by atoms with Crippen LogP contribution >= 0.6 is 0 Å². The maximum Gasteiger partial charge on any atom is 0.257 e. The first-order valence-corrected chi connectivity index (χ1v) is 6.28. The number of pyridine rings is 1. The van der Waals surface area contributed by atoms with Crippen LogP contribution in [0.25, 0.3) is 10.8 Å². The maximum atomic E-state index is 11.8. The Hall–Kier alpha value is -1.81. The van der Waals surface area contributed by atoms with Crippen molar-refractivity contribution in [2.75, 3.05) is 11.9 Å². The van der Waals surface area contributed by atoms with Crippen LogP contribution in [0.5, 0.6) is 0 Å². The lowest BCUT2D eigenvalue weighted by Crippen LogP contribution is -2.22. The maximum absolute atomic E-state index is 11.8. The lowest BCUT2D eigenvalue weighted by Gasteiger charge is -2.11. The first kappa shape index (κ1) is 11.3. The van der Waals surface area contributed by atoms with E-state index in [0.717, 1.165) is 18.2 Å². The lowest BCUT2D eigenvalue weighted by atomic mass is 10.2. The van der Waals surface area contributed by atoms with Crippen molar-refractivity contribution in [2.24, 2.45) is 5.92 Å². The number of hydrogen-bond donors (Lipinski definition) is 3. The van der Waals surface area contributed by atoms with Crippen LogP contribution in [-0.4, -0.2) is 22.7 Å². The number of fused-ring (bicyclic) bond motifs is 1. The van der Waals surface area contributed by atoms with E-state index in [9.17, 15) is 9.90 Å². The third-order valence-corrected chi connectivity index (χ3v) is 3.42. The molecule has 1 heterocycles. The van der Waals surface area contributed by atoms with Crippen LogP contribution in [0.15, 0.2) is 35.1 Å². The monoisotopic (exact) mass is 244 g/mol. The summed E-state index contributed by atoms with van der Waals surface area (Å²) in [5.74, 6) is 1.10. The van der Waals surface area contributed by atoms with Gasteiger partial charge in [0.2, 0.25) is 0 Å². The van der Waals surface area contributed by atoms with Crippen molar-refractivity contribution in [3.63, 3.8) is 0 Å². The van der Waals surface area contributed by atoms with Crippen LogP contribution in [0, 0.1) is 5.92 Å². The summed E-state index contributed by atoms with van der Waals surface area (Å²) in [6.07, 6.45) is 1.90. The Morgan fingerprint density at radius 1 is 1.39 bits per heavy atom. The molecule has 0 amide bonds. The van der Waals surface area contributed by atoms with Crippen molar-refractivity contribution < 1.29 is 5.11 Å². The number of anilines is 1. The van der Waals surface area contributed by atoms with E-state index in [4.69, 9.17) is 0 Å². The average Bonchev–Trinajstić information content (AvgIpc) is 3.20. The number of benzene rings is 1. The molecule has 1 aliphatic rings. The second-order valence-corrected chi connectivity index (χ2v) is 4.89. The van der Waals surface area contributed by atoms with Gasteiger partial charge in [-0.1, -0.05) is 18.2 Å². The summed E-state index contributed by atoms with van der Waals surface area (Å²) in [4.78, 5) is 14.6. The van der Waals surface area contributed by atoms with E-state index in [0.29, 0.717) is 23.7 Å². The van der Waals surface area contributed by atoms with E-state index in [1.54, 1.807) is 6.07 Å². The molecule has 0 radical (unpaired) electrons. The van der Waals surface area contributed by atoms with Gasteiger partial charge in [-0.15, -0.1) is 0 Å². The average molecular weight is 244 g/mol. The second-order valence-electron chi connectivity index (χ2n) is 4.89. The second kappa shape index (κ2) is 4.46. The molecule has 1 aliphatic carbocycles. The zero-order valence-electron chi connectivity index (χ0n) is 10.0. The molecule has 0 saturated heterocycles. The van der Waals surface area contributed by atoms with Gasteiger partial charge in [0.1, 0.15) is 5.82 Å². The number of aromatic amines is 1. The van der Waals surface area contributed by atoms with E-state index >= 15 is 0 Å². The molecule has 1 aromatic heterocycles. The molecule has 94 valence electrons. The molecule has 0 spiro atoms. The van der Waals surface area contributed by atoms with Gasteiger partial charge in [-0.25, -0.2) is 0 Å². The number of hydrogen-bond acceptors (Lipinski definition) is 3. The van der Waals surface area contributed by atoms with Crippen LogP contribution in [-0.2, 0) is 0 Å². The van der Waals surface area contributed by atoms with Crippen molar-refractivity contribution in [1.29, 1.82) is 0 Å². The van der Waals surface area contributed by atoms with Gasteiger partial charge in [-0.05, 0) is 36.3 Å². The Morgan fingerprint density at radius 2 is 2.17 bits per heavy atom. The van der Waals surface area contributed by atoms with Crippen molar-refractivity contribution in [3.05, 3.63) is 40.7 Å². The summed E-state index contributed by atoms with van der Waals surface area (Å²) in [5.41, 5.74) is -0.100. The Labute approximate surface area is 105 Å². The van der Waals surface area contributed by atoms with Crippen molar-refractivity contribution in [3.8, 4) is 0 Å². The molecular formula is C14H16N2O2. The van der Waals surface area contributed by atoms with Gasteiger partial charge in [-0.2, -0.15) is 0 Å². The normalized spacial score (nSPS) is 16.7. The summed E-state index contributed by atoms with van der Waals surface area (Å²) in [6.45, 7) is 0.485. The summed E-state index contributed by atoms with van der Waals surface area (Å²) < 4.78 is 0. The van der Waals surface area contributed by atoms with Crippen LogP contribution in [0.2, 0.25) is 0 Å². The van der Waals surface area contributed by atoms with E-state index in [2.05, 4.69) is 10.3 Å². The molecule has 18 heavy (non-hydrogen) atoms. The molecule has 4 heteroatoms. The molecular weight excluding hydrogens is 228 g/mol. The first-order valence-electron chi connectivity index (χ1n) is 6.28. The van der Waals surface area contributed by atoms with Crippen molar-refractivity contribution >= 4 is 16.6 Å². The minimum absolute atomic E-state index is 0.100. The molecule has 3 N–H and O–H groups in total. The fourth-order valence-corrected chi connectivity index (χ4v) is 2.17. The highest BCUT2D eigenvalue weighted by Crippen LogP contribution is 2.32. The Morgan fingerprint density at radius 3 is 2.94 bits per heavy atom. The van der Waals surface area contributed by atoms with Gasteiger partial charge in [0, 0.05) is 11.9 Å². The van der Waals surface area contributed by atoms with Gasteiger partial charge >= 0.3 is 0 Å². The summed E-state index contributed by atoms with van der Waals surface area (Å²) in [7, 11) is 0. The van der Waals surface area contributed by atoms with Crippen LogP contribution in [0.4, 0.5) is 5.82 Å². The zero-order valence-corrected chi connectivity index (χ0v) is 10.0. The molecule has 1 saturated carbocycles. The minimum Gasteiger partial charge on any atom is -0.391 e. The third kappa shape index (κ3) is 2.24. The number of H-pyrrole nitrogens is 1. The SMILES string of the molecule is O=c1[nH]c(NCC(O)C2CC2)cc2ccccc12. The number of rotatable bonds is 4. The topological polar surface area (TPSA) is 65.1 Å². The van der Waals surface area contributed by atoms with Crippen LogP contribution in [0.1, 0.15) is 12.8 Å². The molecule has 0 aliphatic heterocycles. The highest BCUT2D eigenvalue weighted by Gasteiger charge is 2.29. The number of aromatic nitrogens is 1. The number of nitrogens with one attached hydrogen (secondary N) is 2. The summed E-state index contributed by atoms with van der Waals surface area (Å²) in [6, 6.07) is 9.37. The predicted molar refractivity (Wildman–Crippen MR) is 71.8 cm³/mol. The number of aliphatic hydroxyl groups excluding tert-OH is 1. The van der Waals surface area contributed by atoms with Gasteiger partial charge in [-0.3, -0.25) is 4.79 Å². The Bertz CT molecular complexity index is 616. The fourth-order valence-electron chi connectivity index (χ4n) is 2.17. The quantitative estimate of drug-likeness (QED) is 0.767. The highest BCUT2D eigenvalue weighted by atomic mass is 16.3. The lowest BCUT2D eigenvalue weighted by molar-refractivity contribution is 0.164. The van der Waals surface area contributed by atoms with E-state index in [-0.39, 0.29) is 11.7 Å². The molecule has 1 unspecified atom stereocenters. The standard InChI is InChI=1S/C14H16N2O2/c17-12(9-5-6-9)8-15-13-7-10-3-1-2-4-11(10)14(18)16-13/h1-4,7,9,12,17H,5-6,8H2,(H2,15,16,18). The molecule has 1 atom stereocenters. The smallest absolute Gasteiger partial charge is 0.257 e. The van der Waals surface area contributed by atoms with E-state index < -0.39 is 0 Å². The number of aliphatic hydroxyl groups is 1. The van der Waals surface area contributed by atoms with Crippen LogP contribution in [0.3, 0.4) is 0 Å². The van der Waals surface area contributed by atoms with Crippen molar-refractivity contribution in [1.82, 2.24) is 4.98 Å². The highest BCUT2D eigenvalue weighted by molar-refractivity contribution is 5.83. The zero-order chi connectivity index (χ0) is 12.5. The summed E-state index contributed by atoms with van der Waals surface area (Å²) >= 11 is 0. The van der Waals surface area contributed by atoms with E-state index in [1.165, 1.54) is 0 Å². The van der Waals surface area contributed by atoms with E-state index in [1.807, 2.05) is 24.3 Å². The van der Waals surface area contributed by atoms with Crippen LogP contribution < -0.4 is 10.9 Å². The van der Waals surface area contributed by atoms with Gasteiger partial charge in [0.15, 0.2) is 0 Å². The van der Waals surface area contributed by atoms with Gasteiger partial charge < -0.3 is 15.4 Å². The Kier molecular flexibility index (Phi) is 2.80. The molecule has 1 aromatic carbocycles. The minimum atomic E-state index is -0.319.